The van der Waals surface area contributed by atoms with Crippen molar-refractivity contribution in [1.29, 1.82) is 0 Å². The van der Waals surface area contributed by atoms with Gasteiger partial charge in [0.1, 0.15) is 11.8 Å². The summed E-state index contributed by atoms with van der Waals surface area (Å²) in [5.74, 6) is 0.267. The Morgan fingerprint density at radius 2 is 1.71 bits per heavy atom. The molecule has 2 bridgehead atoms. The number of phenolic OH excluding ortho intramolecular Hbond substituents is 1. The molecule has 5 aromatic rings. The molecule has 55 heavy (non-hydrogen) atoms. The second-order valence-corrected chi connectivity index (χ2v) is 14.6. The third-order valence-electron chi connectivity index (χ3n) is 11.0. The van der Waals surface area contributed by atoms with Crippen LogP contribution in [-0.4, -0.2) is 83.8 Å². The van der Waals surface area contributed by atoms with Gasteiger partial charge in [0, 0.05) is 63.1 Å². The van der Waals surface area contributed by atoms with Crippen molar-refractivity contribution in [1.82, 2.24) is 39.9 Å². The number of piperazine rings is 1. The van der Waals surface area contributed by atoms with E-state index in [-0.39, 0.29) is 48.2 Å². The lowest BCUT2D eigenvalue weighted by Crippen LogP contribution is -2.54. The average molecular weight is 746 g/mol. The number of piperidine rings is 1. The molecule has 3 fully saturated rings. The van der Waals surface area contributed by atoms with Crippen LogP contribution in [0.2, 0.25) is 0 Å². The van der Waals surface area contributed by atoms with Gasteiger partial charge in [-0.3, -0.25) is 28.8 Å². The lowest BCUT2D eigenvalue weighted by atomic mass is 10.0. The second kappa shape index (κ2) is 14.8. The summed E-state index contributed by atoms with van der Waals surface area (Å²) in [5.41, 5.74) is 11.1. The Morgan fingerprint density at radius 3 is 2.45 bits per heavy atom. The minimum Gasteiger partial charge on any atom is -0.507 e. The number of carbonyl (C=O) groups is 3. The zero-order chi connectivity index (χ0) is 38.2. The Hall–Kier alpha value is -6.32. The molecule has 0 radical (unpaired) electrons. The predicted molar refractivity (Wildman–Crippen MR) is 205 cm³/mol. The van der Waals surface area contributed by atoms with Gasteiger partial charge in [0.25, 0.3) is 0 Å². The van der Waals surface area contributed by atoms with Crippen molar-refractivity contribution in [2.24, 2.45) is 7.05 Å². The number of fused-ring (bicyclic) bond motifs is 3. The number of nitrogens with one attached hydrogen (secondary N) is 2. The molecule has 284 valence electrons. The maximum atomic E-state index is 13.1. The smallest absolute Gasteiger partial charge is 0.329 e. The molecule has 2 aromatic carbocycles. The van der Waals surface area contributed by atoms with Gasteiger partial charge in [0.15, 0.2) is 5.82 Å². The highest BCUT2D eigenvalue weighted by atomic mass is 16.3. The predicted octanol–water partition coefficient (Wildman–Crippen LogP) is 2.39. The first-order chi connectivity index (χ1) is 26.6. The molecular weight excluding hydrogens is 703 g/mol. The fraction of sp³-hybridized carbons (Fsp3) is 0.385. The molecule has 16 nitrogen and oxygen atoms in total. The van der Waals surface area contributed by atoms with Gasteiger partial charge in [-0.1, -0.05) is 18.2 Å². The van der Waals surface area contributed by atoms with E-state index in [0.29, 0.717) is 54.6 Å². The fourth-order valence-corrected chi connectivity index (χ4v) is 8.19. The lowest BCUT2D eigenvalue weighted by molar-refractivity contribution is -0.135. The zero-order valence-corrected chi connectivity index (χ0v) is 30.5. The number of hydrogen-bond donors (Lipinski definition) is 4. The van der Waals surface area contributed by atoms with E-state index in [1.54, 1.807) is 37.6 Å². The maximum absolute atomic E-state index is 13.1. The molecule has 8 rings (SSSR count). The SMILES string of the molecule is Cn1c(=O)n(C2CCC(=O)NC2=O)c2ccc(CCCCNC(=O)Cc3cnc(N4C5CCC4CN(c4cc(-c6ccccc6O)nnc4N)C5)nc3)cc21. The summed E-state index contributed by atoms with van der Waals surface area (Å²) in [7, 11) is 1.69. The van der Waals surface area contributed by atoms with Crippen LogP contribution in [0.25, 0.3) is 22.3 Å². The van der Waals surface area contributed by atoms with Gasteiger partial charge in [-0.15, -0.1) is 10.2 Å². The standard InChI is InChI=1S/C39H43N11O5/c1-47-31-16-23(9-12-29(31)50(39(47)55)30-13-14-34(52)44-37(30)54)6-4-5-15-41-35(53)17-24-19-42-38(43-20-24)49-25-10-11-26(49)22-48(21-25)32-18-28(45-46-36(32)40)27-7-2-3-8-33(27)51/h2-3,7-9,12,16,18-20,25-26,30,51H,4-6,10-11,13-15,17,21-22H2,1H3,(H2,40,46)(H,41,53)(H,44,52,54). The van der Waals surface area contributed by atoms with Crippen LogP contribution >= 0.6 is 0 Å². The number of aryl methyl sites for hydroxylation is 2. The van der Waals surface area contributed by atoms with E-state index in [0.717, 1.165) is 54.4 Å². The van der Waals surface area contributed by atoms with E-state index >= 15 is 0 Å². The minimum absolute atomic E-state index is 0.0945. The van der Waals surface area contributed by atoms with Crippen LogP contribution in [0.4, 0.5) is 17.5 Å². The van der Waals surface area contributed by atoms with E-state index in [9.17, 15) is 24.3 Å². The number of para-hydroxylation sites is 1. The summed E-state index contributed by atoms with van der Waals surface area (Å²) in [6.45, 7) is 1.96. The summed E-state index contributed by atoms with van der Waals surface area (Å²) in [6.07, 6.45) is 8.50. The van der Waals surface area contributed by atoms with Crippen molar-refractivity contribution in [3.8, 4) is 17.0 Å². The van der Waals surface area contributed by atoms with E-state index in [1.807, 2.05) is 30.3 Å². The number of anilines is 3. The first-order valence-corrected chi connectivity index (χ1v) is 18.7. The highest BCUT2D eigenvalue weighted by molar-refractivity contribution is 6.00. The third kappa shape index (κ3) is 7.06. The number of amides is 3. The quantitative estimate of drug-likeness (QED) is 0.114. The van der Waals surface area contributed by atoms with Gasteiger partial charge < -0.3 is 26.0 Å². The second-order valence-electron chi connectivity index (χ2n) is 14.6. The van der Waals surface area contributed by atoms with Gasteiger partial charge >= 0.3 is 5.69 Å². The monoisotopic (exact) mass is 745 g/mol. The number of carbonyl (C=O) groups excluding carboxylic acids is 3. The number of imidazole rings is 1. The van der Waals surface area contributed by atoms with E-state index in [1.165, 1.54) is 9.13 Å². The van der Waals surface area contributed by atoms with Crippen molar-refractivity contribution < 1.29 is 19.5 Å². The number of nitrogens with zero attached hydrogens (tertiary/aromatic N) is 8. The number of aromatic hydroxyl groups is 1. The van der Waals surface area contributed by atoms with Crippen molar-refractivity contribution in [2.75, 3.05) is 35.2 Å². The number of imide groups is 1. The average Bonchev–Trinajstić information content (AvgIpc) is 3.58. The normalized spacial score (nSPS) is 19.5. The van der Waals surface area contributed by atoms with E-state index in [2.05, 4.69) is 40.6 Å². The Labute approximate surface area is 316 Å². The molecule has 3 saturated heterocycles. The van der Waals surface area contributed by atoms with Gasteiger partial charge in [-0.25, -0.2) is 14.8 Å². The molecule has 0 saturated carbocycles. The fourth-order valence-electron chi connectivity index (χ4n) is 8.19. The van der Waals surface area contributed by atoms with Crippen LogP contribution in [0.1, 0.15) is 55.7 Å². The molecule has 16 heteroatoms. The Bertz CT molecular complexity index is 2330. The first kappa shape index (κ1) is 35.7. The number of benzene rings is 2. The topological polar surface area (TPSA) is 206 Å². The third-order valence-corrected chi connectivity index (χ3v) is 11.0. The molecule has 3 atom stereocenters. The Morgan fingerprint density at radius 1 is 0.945 bits per heavy atom. The molecule has 0 aliphatic carbocycles. The van der Waals surface area contributed by atoms with Gasteiger partial charge in [-0.05, 0) is 80.0 Å². The Kier molecular flexibility index (Phi) is 9.63. The summed E-state index contributed by atoms with van der Waals surface area (Å²) >= 11 is 0. The van der Waals surface area contributed by atoms with Crippen LogP contribution in [0, 0.1) is 0 Å². The lowest BCUT2D eigenvalue weighted by Gasteiger charge is -2.42. The number of aromatic nitrogens is 6. The van der Waals surface area contributed by atoms with E-state index in [4.69, 9.17) is 5.73 Å². The van der Waals surface area contributed by atoms with Crippen LogP contribution < -0.4 is 31.9 Å². The molecule has 3 amide bonds. The summed E-state index contributed by atoms with van der Waals surface area (Å²) < 4.78 is 3.02. The van der Waals surface area contributed by atoms with E-state index < -0.39 is 11.9 Å². The summed E-state index contributed by atoms with van der Waals surface area (Å²) in [5, 5.41) is 24.1. The molecule has 6 heterocycles. The van der Waals surface area contributed by atoms with Crippen molar-refractivity contribution in [3.63, 3.8) is 0 Å². The van der Waals surface area contributed by atoms with Crippen molar-refractivity contribution in [3.05, 3.63) is 82.5 Å². The number of phenols is 1. The number of rotatable bonds is 11. The first-order valence-electron chi connectivity index (χ1n) is 18.7. The van der Waals surface area contributed by atoms with Crippen LogP contribution in [-0.2, 0) is 34.3 Å². The van der Waals surface area contributed by atoms with Gasteiger partial charge in [0.05, 0.1) is 28.8 Å². The van der Waals surface area contributed by atoms with Crippen LogP contribution in [0.5, 0.6) is 5.75 Å². The number of hydrogen-bond acceptors (Lipinski definition) is 12. The molecule has 3 aliphatic rings. The molecule has 5 N–H and O–H groups in total. The van der Waals surface area contributed by atoms with Crippen LogP contribution in [0.3, 0.4) is 0 Å². The number of nitrogen functional groups attached to an aromatic ring is 1. The Balaban J connectivity index is 0.814. The van der Waals surface area contributed by atoms with Gasteiger partial charge in [0.2, 0.25) is 23.7 Å². The molecule has 3 aliphatic heterocycles. The summed E-state index contributed by atoms with van der Waals surface area (Å²) in [6, 6.07) is 14.4. The minimum atomic E-state index is -0.713. The molecule has 3 unspecified atom stereocenters. The van der Waals surface area contributed by atoms with Crippen molar-refractivity contribution >= 4 is 46.2 Å². The maximum Gasteiger partial charge on any atom is 0.329 e. The highest BCUT2D eigenvalue weighted by Crippen LogP contribution is 2.38. The largest absolute Gasteiger partial charge is 0.507 e. The molecule has 3 aromatic heterocycles. The summed E-state index contributed by atoms with van der Waals surface area (Å²) in [4.78, 5) is 63.8. The number of nitrogens with two attached hydrogens (primary N) is 1. The molecular formula is C39H43N11O5. The van der Waals surface area contributed by atoms with Gasteiger partial charge in [-0.2, -0.15) is 0 Å². The van der Waals surface area contributed by atoms with Crippen LogP contribution in [0.15, 0.2) is 65.7 Å². The highest BCUT2D eigenvalue weighted by Gasteiger charge is 2.42. The number of unbranched alkanes of at least 4 members (excludes halogenated alkanes) is 1. The van der Waals surface area contributed by atoms with Crippen molar-refractivity contribution in [2.45, 2.75) is 69.5 Å². The molecule has 0 spiro atoms. The zero-order valence-electron chi connectivity index (χ0n) is 30.5.